The second-order valence-electron chi connectivity index (χ2n) is 10.2. The monoisotopic (exact) mass is 704 g/mol. The van der Waals surface area contributed by atoms with Gasteiger partial charge in [0.2, 0.25) is 10.0 Å². The number of nitrogens with zero attached hydrogens (tertiary/aromatic N) is 1. The Morgan fingerprint density at radius 1 is 1.07 bits per heavy atom. The van der Waals surface area contributed by atoms with Crippen LogP contribution in [-0.2, 0) is 30.7 Å². The standard InChI is InChI=1S/C29H28Cl2F2N2O10S/c1-41-23-7-6-18(9-22(23)34-46(2,39)40)28(37)43-15-27(36)44-25(11-19-20(30)12-35(38)13-21(19)31)17-5-8-24(45-29(32)33)26(10-17)42-14-16-3-4-16/h5-10,12-13,16,25,29,34H,3-4,11,14-15H2,1-2H3. The zero-order valence-electron chi connectivity index (χ0n) is 24.3. The molecule has 1 saturated carbocycles. The largest absolute Gasteiger partial charge is 0.619 e. The average Bonchev–Trinajstić information content (AvgIpc) is 3.80. The van der Waals surface area contributed by atoms with E-state index in [0.717, 1.165) is 31.5 Å². The normalized spacial score (nSPS) is 13.5. The van der Waals surface area contributed by atoms with Crippen molar-refractivity contribution in [2.45, 2.75) is 32.0 Å². The van der Waals surface area contributed by atoms with Gasteiger partial charge in [-0.2, -0.15) is 13.5 Å². The fraction of sp³-hybridized carbons (Fsp3) is 0.345. The minimum absolute atomic E-state index is 0.0159. The summed E-state index contributed by atoms with van der Waals surface area (Å²) in [6, 6.07) is 7.78. The van der Waals surface area contributed by atoms with Crippen molar-refractivity contribution in [3.8, 4) is 17.2 Å². The van der Waals surface area contributed by atoms with E-state index < -0.39 is 41.3 Å². The number of halogens is 4. The fourth-order valence-electron chi connectivity index (χ4n) is 4.18. The molecule has 17 heteroatoms. The number of aromatic nitrogens is 1. The highest BCUT2D eigenvalue weighted by atomic mass is 35.5. The van der Waals surface area contributed by atoms with Gasteiger partial charge in [-0.25, -0.2) is 18.0 Å². The van der Waals surface area contributed by atoms with Crippen molar-refractivity contribution >= 4 is 50.9 Å². The summed E-state index contributed by atoms with van der Waals surface area (Å²) >= 11 is 12.5. The van der Waals surface area contributed by atoms with Crippen molar-refractivity contribution in [3.05, 3.63) is 80.7 Å². The van der Waals surface area contributed by atoms with Crippen LogP contribution in [0.2, 0.25) is 10.0 Å². The van der Waals surface area contributed by atoms with Crippen LogP contribution in [0.4, 0.5) is 14.5 Å². The Labute approximate surface area is 272 Å². The molecule has 3 aromatic rings. The molecule has 46 heavy (non-hydrogen) atoms. The summed E-state index contributed by atoms with van der Waals surface area (Å²) in [6.07, 6.45) is 3.53. The number of carbonyl (C=O) groups is 2. The highest BCUT2D eigenvalue weighted by Gasteiger charge is 2.27. The molecule has 0 spiro atoms. The number of nitrogens with one attached hydrogen (secondary N) is 1. The van der Waals surface area contributed by atoms with Crippen LogP contribution in [-0.4, -0.2) is 53.5 Å². The molecule has 4 rings (SSSR count). The van der Waals surface area contributed by atoms with Gasteiger partial charge < -0.3 is 28.9 Å². The molecule has 0 aliphatic heterocycles. The number of pyridine rings is 1. The first kappa shape index (κ1) is 34.8. The maximum absolute atomic E-state index is 13.1. The number of esters is 2. The van der Waals surface area contributed by atoms with Crippen LogP contribution < -0.4 is 23.7 Å². The molecule has 2 aromatic carbocycles. The van der Waals surface area contributed by atoms with E-state index in [1.807, 2.05) is 0 Å². The van der Waals surface area contributed by atoms with Crippen LogP contribution in [0.3, 0.4) is 0 Å². The molecule has 0 radical (unpaired) electrons. The summed E-state index contributed by atoms with van der Waals surface area (Å²) in [5.74, 6) is -1.84. The molecule has 1 aliphatic carbocycles. The highest BCUT2D eigenvalue weighted by molar-refractivity contribution is 7.92. The van der Waals surface area contributed by atoms with E-state index in [9.17, 15) is 32.0 Å². The Balaban J connectivity index is 1.56. The maximum Gasteiger partial charge on any atom is 0.387 e. The Hall–Kier alpha value is -4.08. The van der Waals surface area contributed by atoms with Gasteiger partial charge in [-0.3, -0.25) is 4.72 Å². The molecule has 1 fully saturated rings. The van der Waals surface area contributed by atoms with Gasteiger partial charge >= 0.3 is 18.6 Å². The molecule has 1 aromatic heterocycles. The predicted molar refractivity (Wildman–Crippen MR) is 161 cm³/mol. The van der Waals surface area contributed by atoms with Gasteiger partial charge in [0.05, 0.1) is 31.2 Å². The first-order chi connectivity index (χ1) is 21.7. The molecule has 12 nitrogen and oxygen atoms in total. The lowest BCUT2D eigenvalue weighted by molar-refractivity contribution is -0.605. The number of benzene rings is 2. The predicted octanol–water partition coefficient (Wildman–Crippen LogP) is 5.08. The zero-order valence-corrected chi connectivity index (χ0v) is 26.7. The molecule has 1 unspecified atom stereocenters. The van der Waals surface area contributed by atoms with Gasteiger partial charge in [-0.1, -0.05) is 29.3 Å². The second kappa shape index (κ2) is 15.0. The van der Waals surface area contributed by atoms with Crippen molar-refractivity contribution in [3.63, 3.8) is 0 Å². The quantitative estimate of drug-likeness (QED) is 0.129. The van der Waals surface area contributed by atoms with Crippen LogP contribution in [0.5, 0.6) is 17.2 Å². The van der Waals surface area contributed by atoms with Gasteiger partial charge in [0.1, 0.15) is 21.9 Å². The molecular formula is C29H28Cl2F2N2O10S. The van der Waals surface area contributed by atoms with Gasteiger partial charge in [0.15, 0.2) is 30.5 Å². The van der Waals surface area contributed by atoms with Crippen LogP contribution in [0.15, 0.2) is 48.8 Å². The molecule has 248 valence electrons. The van der Waals surface area contributed by atoms with E-state index >= 15 is 0 Å². The summed E-state index contributed by atoms with van der Waals surface area (Å²) in [5.41, 5.74) is 0.377. The summed E-state index contributed by atoms with van der Waals surface area (Å²) in [7, 11) is -2.41. The van der Waals surface area contributed by atoms with Gasteiger partial charge in [-0.15, -0.1) is 0 Å². The van der Waals surface area contributed by atoms with E-state index in [1.54, 1.807) is 0 Å². The number of ether oxygens (including phenoxy) is 5. The van der Waals surface area contributed by atoms with Crippen molar-refractivity contribution in [2.75, 3.05) is 31.3 Å². The fourth-order valence-corrected chi connectivity index (χ4v) is 5.33. The smallest absolute Gasteiger partial charge is 0.387 e. The average molecular weight is 706 g/mol. The second-order valence-corrected chi connectivity index (χ2v) is 12.7. The van der Waals surface area contributed by atoms with Crippen LogP contribution >= 0.6 is 23.2 Å². The van der Waals surface area contributed by atoms with E-state index in [1.165, 1.54) is 43.5 Å². The number of hydrogen-bond acceptors (Lipinski definition) is 10. The topological polar surface area (TPSA) is 153 Å². The van der Waals surface area contributed by atoms with E-state index in [0.29, 0.717) is 4.73 Å². The Morgan fingerprint density at radius 3 is 2.35 bits per heavy atom. The Bertz CT molecular complexity index is 1680. The number of sulfonamides is 1. The summed E-state index contributed by atoms with van der Waals surface area (Å²) in [5, 5.41) is 11.7. The third kappa shape index (κ3) is 9.96. The highest BCUT2D eigenvalue weighted by Crippen LogP contribution is 2.38. The minimum Gasteiger partial charge on any atom is -0.619 e. The summed E-state index contributed by atoms with van der Waals surface area (Å²) in [4.78, 5) is 25.7. The lowest BCUT2D eigenvalue weighted by atomic mass is 10.0. The first-order valence-corrected chi connectivity index (χ1v) is 16.2. The maximum atomic E-state index is 13.1. The van der Waals surface area contributed by atoms with Crippen LogP contribution in [0, 0.1) is 11.1 Å². The lowest BCUT2D eigenvalue weighted by Crippen LogP contribution is -2.26. The van der Waals surface area contributed by atoms with Crippen molar-refractivity contribution in [1.29, 1.82) is 0 Å². The van der Waals surface area contributed by atoms with Crippen LogP contribution in [0.25, 0.3) is 0 Å². The number of hydrogen-bond donors (Lipinski definition) is 1. The molecule has 1 N–H and O–H groups in total. The lowest BCUT2D eigenvalue weighted by Gasteiger charge is -2.21. The Morgan fingerprint density at radius 2 is 1.74 bits per heavy atom. The minimum atomic E-state index is -3.72. The zero-order chi connectivity index (χ0) is 33.6. The van der Waals surface area contributed by atoms with E-state index in [2.05, 4.69) is 9.46 Å². The molecule has 1 atom stereocenters. The van der Waals surface area contributed by atoms with Crippen LogP contribution in [0.1, 0.15) is 40.4 Å². The third-order valence-corrected chi connectivity index (χ3v) is 7.74. The molecule has 0 bridgehead atoms. The van der Waals surface area contributed by atoms with Crippen molar-refractivity contribution < 1.29 is 55.2 Å². The number of methoxy groups -OCH3 is 1. The molecule has 0 amide bonds. The molecule has 0 saturated heterocycles. The van der Waals surface area contributed by atoms with Crippen molar-refractivity contribution in [1.82, 2.24) is 0 Å². The first-order valence-electron chi connectivity index (χ1n) is 13.5. The molecule has 1 heterocycles. The van der Waals surface area contributed by atoms with E-state index in [-0.39, 0.29) is 68.6 Å². The van der Waals surface area contributed by atoms with Crippen molar-refractivity contribution in [2.24, 2.45) is 5.92 Å². The SMILES string of the molecule is COc1ccc(C(=O)OCC(=O)OC(Cc2c(Cl)c[n+]([O-])cc2Cl)c2ccc(OC(F)F)c(OCC3CC3)c2)cc1NS(C)(=O)=O. The van der Waals surface area contributed by atoms with Gasteiger partial charge in [0, 0.05) is 12.0 Å². The molecule has 1 aliphatic rings. The number of alkyl halides is 2. The Kier molecular flexibility index (Phi) is 11.3. The summed E-state index contributed by atoms with van der Waals surface area (Å²) < 4.78 is 78.3. The molecular weight excluding hydrogens is 677 g/mol. The number of anilines is 1. The van der Waals surface area contributed by atoms with Gasteiger partial charge in [-0.05, 0) is 54.7 Å². The number of carbonyl (C=O) groups excluding carboxylic acids is 2. The van der Waals surface area contributed by atoms with Gasteiger partial charge in [0.25, 0.3) is 0 Å². The number of rotatable bonds is 15. The summed E-state index contributed by atoms with van der Waals surface area (Å²) in [6.45, 7) is -3.73. The third-order valence-electron chi connectivity index (χ3n) is 6.50. The van der Waals surface area contributed by atoms with E-state index in [4.69, 9.17) is 42.1 Å².